The highest BCUT2D eigenvalue weighted by Crippen LogP contribution is 2.39. The molecule has 2 nitrogen and oxygen atoms in total. The molecule has 1 saturated carbocycles. The van der Waals surface area contributed by atoms with E-state index in [0.717, 1.165) is 18.8 Å². The van der Waals surface area contributed by atoms with Gasteiger partial charge in [0.2, 0.25) is 0 Å². The molecule has 0 radical (unpaired) electrons. The van der Waals surface area contributed by atoms with E-state index in [1.54, 1.807) is 0 Å². The van der Waals surface area contributed by atoms with Crippen LogP contribution in [0.15, 0.2) is 24.3 Å². The van der Waals surface area contributed by atoms with E-state index in [1.807, 2.05) is 13.8 Å². The molecule has 2 aliphatic rings. The molecule has 2 heteroatoms. The van der Waals surface area contributed by atoms with E-state index in [9.17, 15) is 5.11 Å². The first-order chi connectivity index (χ1) is 8.53. The van der Waals surface area contributed by atoms with Gasteiger partial charge in [0.1, 0.15) is 0 Å². The molecule has 1 atom stereocenters. The largest absolute Gasteiger partial charge is 0.390 e. The molecule has 0 bridgehead atoms. The van der Waals surface area contributed by atoms with Crippen LogP contribution >= 0.6 is 0 Å². The zero-order valence-electron chi connectivity index (χ0n) is 11.4. The van der Waals surface area contributed by atoms with Crippen molar-refractivity contribution in [2.75, 3.05) is 11.4 Å². The van der Waals surface area contributed by atoms with Gasteiger partial charge in [0.15, 0.2) is 0 Å². The van der Waals surface area contributed by atoms with Crippen molar-refractivity contribution in [2.24, 2.45) is 5.92 Å². The Hall–Kier alpha value is -1.02. The summed E-state index contributed by atoms with van der Waals surface area (Å²) in [5, 5.41) is 10.1. The predicted octanol–water partition coefficient (Wildman–Crippen LogP) is 2.99. The average Bonchev–Trinajstić information content (AvgIpc) is 3.02. The van der Waals surface area contributed by atoms with Gasteiger partial charge in [-0.3, -0.25) is 0 Å². The van der Waals surface area contributed by atoms with Crippen molar-refractivity contribution in [3.05, 3.63) is 29.8 Å². The molecule has 1 N–H and O–H groups in total. The van der Waals surface area contributed by atoms with Crippen LogP contribution in [0.4, 0.5) is 5.69 Å². The van der Waals surface area contributed by atoms with E-state index in [2.05, 4.69) is 29.2 Å². The second-order valence-electron chi connectivity index (χ2n) is 6.60. The lowest BCUT2D eigenvalue weighted by Crippen LogP contribution is -2.39. The summed E-state index contributed by atoms with van der Waals surface area (Å²) in [7, 11) is 0. The Morgan fingerprint density at radius 3 is 2.67 bits per heavy atom. The van der Waals surface area contributed by atoms with Crippen LogP contribution in [0.3, 0.4) is 0 Å². The topological polar surface area (TPSA) is 23.5 Å². The van der Waals surface area contributed by atoms with E-state index >= 15 is 0 Å². The van der Waals surface area contributed by atoms with Gasteiger partial charge in [-0.05, 0) is 57.1 Å². The van der Waals surface area contributed by atoms with Crippen LogP contribution in [-0.2, 0) is 6.42 Å². The van der Waals surface area contributed by atoms with Crippen LogP contribution < -0.4 is 4.90 Å². The van der Waals surface area contributed by atoms with E-state index in [0.29, 0.717) is 6.04 Å². The van der Waals surface area contributed by atoms with Gasteiger partial charge in [-0.15, -0.1) is 0 Å². The summed E-state index contributed by atoms with van der Waals surface area (Å²) in [5.41, 5.74) is 2.28. The maximum atomic E-state index is 10.1. The van der Waals surface area contributed by atoms with Crippen molar-refractivity contribution in [3.63, 3.8) is 0 Å². The third-order valence-corrected chi connectivity index (χ3v) is 4.08. The average molecular weight is 245 g/mol. The highest BCUT2D eigenvalue weighted by atomic mass is 16.3. The molecule has 0 saturated heterocycles. The molecule has 3 rings (SSSR count). The first-order valence-corrected chi connectivity index (χ1v) is 7.10. The van der Waals surface area contributed by atoms with Crippen LogP contribution in [-0.4, -0.2) is 23.3 Å². The number of hydrogen-bond donors (Lipinski definition) is 1. The normalized spacial score (nSPS) is 23.3. The third kappa shape index (κ3) is 2.54. The minimum absolute atomic E-state index is 0.475. The van der Waals surface area contributed by atoms with Gasteiger partial charge in [-0.1, -0.05) is 18.2 Å². The molecule has 1 fully saturated rings. The fourth-order valence-electron chi connectivity index (χ4n) is 3.11. The summed E-state index contributed by atoms with van der Waals surface area (Å²) in [4.78, 5) is 2.55. The van der Waals surface area contributed by atoms with Gasteiger partial charge in [0.25, 0.3) is 0 Å². The van der Waals surface area contributed by atoms with Crippen molar-refractivity contribution in [1.29, 1.82) is 0 Å². The predicted molar refractivity (Wildman–Crippen MR) is 74.9 cm³/mol. The summed E-state index contributed by atoms with van der Waals surface area (Å²) in [6.45, 7) is 5.02. The molecule has 98 valence electrons. The molecule has 1 unspecified atom stereocenters. The third-order valence-electron chi connectivity index (χ3n) is 4.08. The molecule has 0 spiro atoms. The van der Waals surface area contributed by atoms with E-state index in [4.69, 9.17) is 0 Å². The highest BCUT2D eigenvalue weighted by molar-refractivity contribution is 5.59. The van der Waals surface area contributed by atoms with Crippen molar-refractivity contribution < 1.29 is 5.11 Å². The maximum Gasteiger partial charge on any atom is 0.0611 e. The fraction of sp³-hybridized carbons (Fsp3) is 0.625. The Morgan fingerprint density at radius 2 is 2.00 bits per heavy atom. The minimum Gasteiger partial charge on any atom is -0.390 e. The number of benzene rings is 1. The van der Waals surface area contributed by atoms with Gasteiger partial charge < -0.3 is 10.0 Å². The van der Waals surface area contributed by atoms with Gasteiger partial charge in [0.05, 0.1) is 5.60 Å². The Labute approximate surface area is 110 Å². The molecule has 0 amide bonds. The molecule has 1 heterocycles. The maximum absolute atomic E-state index is 10.1. The van der Waals surface area contributed by atoms with E-state index in [1.165, 1.54) is 30.6 Å². The Bertz CT molecular complexity index is 431. The van der Waals surface area contributed by atoms with Crippen LogP contribution in [0.5, 0.6) is 0 Å². The SMILES string of the molecule is CC(C)(O)CC1Cc2ccccc2N1CC1CC1. The number of rotatable bonds is 4. The Balaban J connectivity index is 1.82. The summed E-state index contributed by atoms with van der Waals surface area (Å²) in [6, 6.07) is 9.20. The van der Waals surface area contributed by atoms with Gasteiger partial charge in [-0.2, -0.15) is 0 Å². The summed E-state index contributed by atoms with van der Waals surface area (Å²) in [5.74, 6) is 0.889. The van der Waals surface area contributed by atoms with Crippen molar-refractivity contribution >= 4 is 5.69 Å². The van der Waals surface area contributed by atoms with Crippen LogP contribution in [0.2, 0.25) is 0 Å². The Kier molecular flexibility index (Phi) is 2.86. The summed E-state index contributed by atoms with van der Waals surface area (Å²) >= 11 is 0. The van der Waals surface area contributed by atoms with Gasteiger partial charge >= 0.3 is 0 Å². The number of para-hydroxylation sites is 1. The molecule has 18 heavy (non-hydrogen) atoms. The lowest BCUT2D eigenvalue weighted by atomic mass is 9.96. The summed E-state index contributed by atoms with van der Waals surface area (Å²) in [6.07, 6.45) is 4.71. The van der Waals surface area contributed by atoms with E-state index < -0.39 is 5.60 Å². The quantitative estimate of drug-likeness (QED) is 0.881. The number of aliphatic hydroxyl groups is 1. The molecule has 1 aromatic rings. The number of fused-ring (bicyclic) bond motifs is 1. The highest BCUT2D eigenvalue weighted by Gasteiger charge is 2.35. The minimum atomic E-state index is -0.575. The molecule has 1 aromatic carbocycles. The molecule has 1 aliphatic carbocycles. The van der Waals surface area contributed by atoms with Gasteiger partial charge in [-0.25, -0.2) is 0 Å². The molecule has 1 aliphatic heterocycles. The van der Waals surface area contributed by atoms with E-state index in [-0.39, 0.29) is 0 Å². The number of anilines is 1. The first kappa shape index (κ1) is 12.0. The lowest BCUT2D eigenvalue weighted by molar-refractivity contribution is 0.0633. The van der Waals surface area contributed by atoms with Crippen LogP contribution in [0.25, 0.3) is 0 Å². The number of nitrogens with zero attached hydrogens (tertiary/aromatic N) is 1. The summed E-state index contributed by atoms with van der Waals surface area (Å²) < 4.78 is 0. The first-order valence-electron chi connectivity index (χ1n) is 7.10. The zero-order chi connectivity index (χ0) is 12.8. The van der Waals surface area contributed by atoms with Crippen molar-refractivity contribution in [2.45, 2.75) is 51.2 Å². The van der Waals surface area contributed by atoms with Crippen molar-refractivity contribution in [1.82, 2.24) is 0 Å². The second-order valence-corrected chi connectivity index (χ2v) is 6.60. The molecular formula is C16H23NO. The Morgan fingerprint density at radius 1 is 1.28 bits per heavy atom. The molecular weight excluding hydrogens is 222 g/mol. The lowest BCUT2D eigenvalue weighted by Gasteiger charge is -2.31. The second kappa shape index (κ2) is 4.27. The van der Waals surface area contributed by atoms with Crippen molar-refractivity contribution in [3.8, 4) is 0 Å². The molecule has 0 aromatic heterocycles. The zero-order valence-corrected chi connectivity index (χ0v) is 11.4. The number of hydrogen-bond acceptors (Lipinski definition) is 2. The fourth-order valence-corrected chi connectivity index (χ4v) is 3.11. The van der Waals surface area contributed by atoms with Crippen LogP contribution in [0.1, 0.15) is 38.7 Å². The monoisotopic (exact) mass is 245 g/mol. The standard InChI is InChI=1S/C16H23NO/c1-16(2,18)10-14-9-13-5-3-4-6-15(13)17(14)11-12-7-8-12/h3-6,12,14,18H,7-11H2,1-2H3. The smallest absolute Gasteiger partial charge is 0.0611 e. The van der Waals surface area contributed by atoms with Crippen LogP contribution in [0, 0.1) is 5.92 Å². The van der Waals surface area contributed by atoms with Gasteiger partial charge in [0, 0.05) is 18.3 Å².